The lowest BCUT2D eigenvalue weighted by Crippen LogP contribution is -2.28. The second-order valence-corrected chi connectivity index (χ2v) is 6.40. The summed E-state index contributed by atoms with van der Waals surface area (Å²) < 4.78 is 65.3. The number of fused-ring (bicyclic) bond motifs is 1. The Hall–Kier alpha value is -2.28. The Labute approximate surface area is 122 Å². The van der Waals surface area contributed by atoms with E-state index < -0.39 is 21.4 Å². The fourth-order valence-electron chi connectivity index (χ4n) is 2.05. The highest BCUT2D eigenvalue weighted by molar-refractivity contribution is 7.88. The first-order chi connectivity index (χ1) is 10.2. The predicted molar refractivity (Wildman–Crippen MR) is 67.5 cm³/mol. The third-order valence-corrected chi connectivity index (χ3v) is 4.22. The van der Waals surface area contributed by atoms with Crippen molar-refractivity contribution in [3.63, 3.8) is 0 Å². The third kappa shape index (κ3) is 2.37. The van der Waals surface area contributed by atoms with Crippen molar-refractivity contribution in [1.29, 1.82) is 5.26 Å². The highest BCUT2D eigenvalue weighted by atomic mass is 32.2. The predicted octanol–water partition coefficient (Wildman–Crippen LogP) is 2.31. The number of rotatable bonds is 3. The summed E-state index contributed by atoms with van der Waals surface area (Å²) in [5.74, 6) is -0.411. The standard InChI is InChI=1S/C12H8F3N3O3S/c13-12(14,15)22(19,20)21-10-3-8(7-1-2-7)6-18-11(10)9(4-16)5-17-18/h3,5-7H,1-2H2. The Kier molecular flexibility index (Phi) is 3.07. The SMILES string of the molecule is N#Cc1cnn2cc(C3CC3)cc(OS(=O)(=O)C(F)(F)F)c12. The number of hydrogen-bond acceptors (Lipinski definition) is 5. The summed E-state index contributed by atoms with van der Waals surface area (Å²) >= 11 is 0. The first-order valence-electron chi connectivity index (χ1n) is 6.15. The fraction of sp³-hybridized carbons (Fsp3) is 0.333. The fourth-order valence-corrected chi connectivity index (χ4v) is 2.51. The number of nitrogens with zero attached hydrogens (tertiary/aromatic N) is 3. The average molecular weight is 331 g/mol. The Morgan fingerprint density at radius 1 is 1.41 bits per heavy atom. The van der Waals surface area contributed by atoms with E-state index >= 15 is 0 Å². The molecule has 0 saturated heterocycles. The molecule has 0 unspecified atom stereocenters. The number of pyridine rings is 1. The minimum atomic E-state index is -5.82. The van der Waals surface area contributed by atoms with Crippen molar-refractivity contribution >= 4 is 15.6 Å². The van der Waals surface area contributed by atoms with Gasteiger partial charge in [0, 0.05) is 6.20 Å². The average Bonchev–Trinajstić information content (AvgIpc) is 3.17. The number of hydrogen-bond donors (Lipinski definition) is 0. The molecular formula is C12H8F3N3O3S. The quantitative estimate of drug-likeness (QED) is 0.636. The van der Waals surface area contributed by atoms with Gasteiger partial charge in [-0.3, -0.25) is 0 Å². The van der Waals surface area contributed by atoms with Gasteiger partial charge < -0.3 is 4.18 Å². The molecule has 0 amide bonds. The highest BCUT2D eigenvalue weighted by Crippen LogP contribution is 2.42. The van der Waals surface area contributed by atoms with Crippen molar-refractivity contribution in [3.05, 3.63) is 29.6 Å². The van der Waals surface area contributed by atoms with Crippen LogP contribution in [-0.4, -0.2) is 23.5 Å². The van der Waals surface area contributed by atoms with Gasteiger partial charge in [0.1, 0.15) is 17.1 Å². The first-order valence-corrected chi connectivity index (χ1v) is 7.56. The highest BCUT2D eigenvalue weighted by Gasteiger charge is 2.49. The Bertz CT molecular complexity index is 892. The molecule has 0 spiro atoms. The van der Waals surface area contributed by atoms with E-state index in [0.29, 0.717) is 5.56 Å². The molecule has 0 atom stereocenters. The lowest BCUT2D eigenvalue weighted by Gasteiger charge is -2.12. The molecule has 2 heterocycles. The Morgan fingerprint density at radius 3 is 2.64 bits per heavy atom. The van der Waals surface area contributed by atoms with Gasteiger partial charge in [-0.05, 0) is 30.4 Å². The molecule has 1 aliphatic rings. The van der Waals surface area contributed by atoms with Gasteiger partial charge in [0.15, 0.2) is 5.75 Å². The summed E-state index contributed by atoms with van der Waals surface area (Å²) in [7, 11) is -5.82. The molecule has 6 nitrogen and oxygen atoms in total. The molecule has 0 bridgehead atoms. The molecule has 10 heteroatoms. The van der Waals surface area contributed by atoms with Crippen LogP contribution in [0.1, 0.15) is 29.9 Å². The van der Waals surface area contributed by atoms with Gasteiger partial charge in [-0.15, -0.1) is 0 Å². The van der Waals surface area contributed by atoms with Gasteiger partial charge in [0.25, 0.3) is 0 Å². The van der Waals surface area contributed by atoms with Crippen molar-refractivity contribution < 1.29 is 25.8 Å². The molecule has 0 radical (unpaired) electrons. The van der Waals surface area contributed by atoms with E-state index in [4.69, 9.17) is 5.26 Å². The molecule has 1 fully saturated rings. The normalized spacial score (nSPS) is 15.7. The molecule has 22 heavy (non-hydrogen) atoms. The summed E-state index contributed by atoms with van der Waals surface area (Å²) in [6, 6.07) is 2.96. The molecule has 0 aliphatic heterocycles. The summed E-state index contributed by atoms with van der Waals surface area (Å²) in [6.45, 7) is 0. The Morgan fingerprint density at radius 2 is 2.09 bits per heavy atom. The van der Waals surface area contributed by atoms with Crippen molar-refractivity contribution in [3.8, 4) is 11.8 Å². The molecule has 2 aromatic heterocycles. The van der Waals surface area contributed by atoms with E-state index in [1.54, 1.807) is 12.3 Å². The van der Waals surface area contributed by atoms with Gasteiger partial charge in [-0.2, -0.15) is 31.9 Å². The van der Waals surface area contributed by atoms with Crippen LogP contribution in [0.15, 0.2) is 18.5 Å². The van der Waals surface area contributed by atoms with Gasteiger partial charge in [-0.25, -0.2) is 4.52 Å². The minimum absolute atomic E-state index is 0.0743. The number of halogens is 3. The summed E-state index contributed by atoms with van der Waals surface area (Å²) in [5.41, 5.74) is -5.12. The molecule has 0 N–H and O–H groups in total. The van der Waals surface area contributed by atoms with Crippen LogP contribution in [0.25, 0.3) is 5.52 Å². The van der Waals surface area contributed by atoms with E-state index in [9.17, 15) is 21.6 Å². The van der Waals surface area contributed by atoms with Crippen molar-refractivity contribution in [2.24, 2.45) is 0 Å². The minimum Gasteiger partial charge on any atom is -0.374 e. The number of aromatic nitrogens is 2. The summed E-state index contributed by atoms with van der Waals surface area (Å²) in [5, 5.41) is 12.8. The van der Waals surface area contributed by atoms with Crippen LogP contribution >= 0.6 is 0 Å². The van der Waals surface area contributed by atoms with Crippen LogP contribution in [0.5, 0.6) is 5.75 Å². The summed E-state index contributed by atoms with van der Waals surface area (Å²) in [4.78, 5) is 0. The van der Waals surface area contributed by atoms with Crippen molar-refractivity contribution in [1.82, 2.24) is 9.61 Å². The Balaban J connectivity index is 2.18. The number of nitriles is 1. The smallest absolute Gasteiger partial charge is 0.374 e. The van der Waals surface area contributed by atoms with E-state index in [0.717, 1.165) is 23.6 Å². The molecule has 1 saturated carbocycles. The maximum Gasteiger partial charge on any atom is 0.534 e. The molecule has 0 aromatic carbocycles. The second kappa shape index (κ2) is 4.61. The van der Waals surface area contributed by atoms with Crippen molar-refractivity contribution in [2.75, 3.05) is 0 Å². The molecule has 2 aromatic rings. The lowest BCUT2D eigenvalue weighted by atomic mass is 10.1. The van der Waals surface area contributed by atoms with E-state index in [1.807, 2.05) is 0 Å². The molecular weight excluding hydrogens is 323 g/mol. The molecule has 116 valence electrons. The largest absolute Gasteiger partial charge is 0.534 e. The zero-order valence-corrected chi connectivity index (χ0v) is 11.6. The van der Waals surface area contributed by atoms with Gasteiger partial charge in [-0.1, -0.05) is 0 Å². The monoisotopic (exact) mass is 331 g/mol. The zero-order valence-electron chi connectivity index (χ0n) is 10.8. The van der Waals surface area contributed by atoms with Crippen LogP contribution in [-0.2, 0) is 10.1 Å². The number of alkyl halides is 3. The van der Waals surface area contributed by atoms with E-state index in [2.05, 4.69) is 9.28 Å². The molecule has 3 rings (SSSR count). The molecule has 1 aliphatic carbocycles. The lowest BCUT2D eigenvalue weighted by molar-refractivity contribution is -0.0499. The summed E-state index contributed by atoms with van der Waals surface area (Å²) in [6.07, 6.45) is 4.40. The second-order valence-electron chi connectivity index (χ2n) is 4.86. The third-order valence-electron chi connectivity index (χ3n) is 3.25. The van der Waals surface area contributed by atoms with Crippen LogP contribution in [0.2, 0.25) is 0 Å². The van der Waals surface area contributed by atoms with Crippen LogP contribution in [0.4, 0.5) is 13.2 Å². The maximum absolute atomic E-state index is 12.5. The van der Waals surface area contributed by atoms with Gasteiger partial charge in [0.2, 0.25) is 0 Å². The van der Waals surface area contributed by atoms with Crippen LogP contribution in [0, 0.1) is 11.3 Å². The van der Waals surface area contributed by atoms with Gasteiger partial charge >= 0.3 is 15.6 Å². The van der Waals surface area contributed by atoms with Crippen LogP contribution < -0.4 is 4.18 Å². The maximum atomic E-state index is 12.5. The van der Waals surface area contributed by atoms with Gasteiger partial charge in [0.05, 0.1) is 6.20 Å². The van der Waals surface area contributed by atoms with E-state index in [-0.39, 0.29) is 17.0 Å². The first kappa shape index (κ1) is 14.6. The van der Waals surface area contributed by atoms with Crippen molar-refractivity contribution in [2.45, 2.75) is 24.3 Å². The zero-order chi connectivity index (χ0) is 16.1. The van der Waals surface area contributed by atoms with Crippen LogP contribution in [0.3, 0.4) is 0 Å². The topological polar surface area (TPSA) is 84.5 Å². The van der Waals surface area contributed by atoms with E-state index in [1.165, 1.54) is 6.07 Å².